The third kappa shape index (κ3) is 5.94. The fraction of sp³-hybridized carbons (Fsp3) is 0.250. The number of anilines is 1. The predicted molar refractivity (Wildman–Crippen MR) is 110 cm³/mol. The molecule has 0 fully saturated rings. The van der Waals surface area contributed by atoms with Gasteiger partial charge in [-0.25, -0.2) is 9.48 Å². The number of nitrogens with zero attached hydrogens (tertiary/aromatic N) is 3. The van der Waals surface area contributed by atoms with E-state index < -0.39 is 6.04 Å². The lowest BCUT2D eigenvalue weighted by molar-refractivity contribution is 0.248. The highest BCUT2D eigenvalue weighted by Crippen LogP contribution is 2.20. The molecule has 3 N–H and O–H groups in total. The van der Waals surface area contributed by atoms with Crippen LogP contribution in [0.3, 0.4) is 0 Å². The first kappa shape index (κ1) is 20.6. The summed E-state index contributed by atoms with van der Waals surface area (Å²) in [6.45, 7) is 0.287. The van der Waals surface area contributed by atoms with Crippen LogP contribution < -0.4 is 15.4 Å². The van der Waals surface area contributed by atoms with Crippen LogP contribution in [-0.4, -0.2) is 39.8 Å². The summed E-state index contributed by atoms with van der Waals surface area (Å²) in [5.74, 6) is 0.757. The maximum Gasteiger partial charge on any atom is 0.319 e. The van der Waals surface area contributed by atoms with Crippen LogP contribution in [0.2, 0.25) is 5.02 Å². The number of halogens is 1. The molecule has 0 aliphatic carbocycles. The number of benzene rings is 2. The fourth-order valence-corrected chi connectivity index (χ4v) is 2.90. The molecule has 1 atom stereocenters. The van der Waals surface area contributed by atoms with Crippen molar-refractivity contribution in [3.8, 4) is 5.75 Å². The lowest BCUT2D eigenvalue weighted by Crippen LogP contribution is -2.34. The van der Waals surface area contributed by atoms with E-state index in [1.54, 1.807) is 37.6 Å². The number of hydrogen-bond donors (Lipinski definition) is 3. The van der Waals surface area contributed by atoms with Gasteiger partial charge in [0, 0.05) is 10.7 Å². The zero-order chi connectivity index (χ0) is 20.6. The van der Waals surface area contributed by atoms with Gasteiger partial charge >= 0.3 is 6.03 Å². The topological polar surface area (TPSA) is 101 Å². The van der Waals surface area contributed by atoms with Crippen molar-refractivity contribution in [3.05, 3.63) is 71.0 Å². The first-order valence-corrected chi connectivity index (χ1v) is 9.42. The van der Waals surface area contributed by atoms with Crippen LogP contribution in [0.15, 0.2) is 54.7 Å². The molecule has 2 amide bonds. The van der Waals surface area contributed by atoms with Crippen LogP contribution in [0.25, 0.3) is 0 Å². The van der Waals surface area contributed by atoms with Crippen molar-refractivity contribution < 1.29 is 14.6 Å². The van der Waals surface area contributed by atoms with Crippen LogP contribution >= 0.6 is 11.6 Å². The molecule has 2 aromatic carbocycles. The van der Waals surface area contributed by atoms with Crippen LogP contribution in [0.4, 0.5) is 10.5 Å². The van der Waals surface area contributed by atoms with Crippen molar-refractivity contribution in [2.75, 3.05) is 19.0 Å². The van der Waals surface area contributed by atoms with Crippen molar-refractivity contribution in [1.29, 1.82) is 0 Å². The van der Waals surface area contributed by atoms with Gasteiger partial charge in [0.1, 0.15) is 11.4 Å². The van der Waals surface area contributed by atoms with Gasteiger partial charge in [0.15, 0.2) is 0 Å². The van der Waals surface area contributed by atoms with Gasteiger partial charge in [-0.2, -0.15) is 0 Å². The van der Waals surface area contributed by atoms with Crippen molar-refractivity contribution in [3.63, 3.8) is 0 Å². The summed E-state index contributed by atoms with van der Waals surface area (Å²) in [4.78, 5) is 12.5. The van der Waals surface area contributed by atoms with Gasteiger partial charge in [-0.05, 0) is 48.4 Å². The Morgan fingerprint density at radius 2 is 1.93 bits per heavy atom. The summed E-state index contributed by atoms with van der Waals surface area (Å²) in [6.07, 6.45) is 2.23. The normalized spacial score (nSPS) is 11.7. The summed E-state index contributed by atoms with van der Waals surface area (Å²) in [5.41, 5.74) is 2.22. The average molecular weight is 416 g/mol. The number of hydrogen-bond acceptors (Lipinski definition) is 5. The molecule has 0 spiro atoms. The Balaban J connectivity index is 1.75. The molecule has 0 aliphatic rings. The molecule has 9 heteroatoms. The van der Waals surface area contributed by atoms with Crippen LogP contribution in [0, 0.1) is 0 Å². The zero-order valence-electron chi connectivity index (χ0n) is 15.9. The van der Waals surface area contributed by atoms with Crippen LogP contribution in [0.1, 0.15) is 17.3 Å². The lowest BCUT2D eigenvalue weighted by Gasteiger charge is -2.17. The number of amides is 2. The van der Waals surface area contributed by atoms with E-state index in [1.165, 1.54) is 4.68 Å². The number of ether oxygens (including phenoxy) is 1. The zero-order valence-corrected chi connectivity index (χ0v) is 16.6. The first-order valence-electron chi connectivity index (χ1n) is 9.04. The molecule has 0 saturated heterocycles. The highest BCUT2D eigenvalue weighted by atomic mass is 35.5. The standard InChI is InChI=1S/C20H22ClN5O3/c1-29-17-8-2-14(3-9-17)12-18(19-13-26(10-11-27)25-24-19)23-20(28)22-16-6-4-15(21)5-7-16/h2-9,13,18,27H,10-12H2,1H3,(H2,22,23,28). The quantitative estimate of drug-likeness (QED) is 0.525. The van der Waals surface area contributed by atoms with Gasteiger partial charge in [0.25, 0.3) is 0 Å². The summed E-state index contributed by atoms with van der Waals surface area (Å²) >= 11 is 5.88. The number of rotatable bonds is 8. The molecule has 3 aromatic rings. The average Bonchev–Trinajstić information content (AvgIpc) is 3.19. The monoisotopic (exact) mass is 415 g/mol. The van der Waals surface area contributed by atoms with Gasteiger partial charge in [-0.1, -0.05) is 28.9 Å². The Morgan fingerprint density at radius 3 is 2.59 bits per heavy atom. The predicted octanol–water partition coefficient (Wildman–Crippen LogP) is 3.04. The molecular weight excluding hydrogens is 394 g/mol. The summed E-state index contributed by atoms with van der Waals surface area (Å²) in [7, 11) is 1.61. The van der Waals surface area contributed by atoms with Crippen molar-refractivity contribution in [2.45, 2.75) is 19.0 Å². The minimum Gasteiger partial charge on any atom is -0.497 e. The number of carbonyl (C=O) groups excluding carboxylic acids is 1. The molecule has 0 saturated carbocycles. The highest BCUT2D eigenvalue weighted by molar-refractivity contribution is 6.30. The Bertz CT molecular complexity index is 928. The van der Waals surface area contributed by atoms with Crippen molar-refractivity contribution in [2.24, 2.45) is 0 Å². The molecule has 3 rings (SSSR count). The van der Waals surface area contributed by atoms with Crippen molar-refractivity contribution >= 4 is 23.3 Å². The molecule has 1 heterocycles. The van der Waals surface area contributed by atoms with E-state index in [0.717, 1.165) is 11.3 Å². The fourth-order valence-electron chi connectivity index (χ4n) is 2.77. The summed E-state index contributed by atoms with van der Waals surface area (Å²) in [6, 6.07) is 13.7. The molecule has 1 unspecified atom stereocenters. The largest absolute Gasteiger partial charge is 0.497 e. The highest BCUT2D eigenvalue weighted by Gasteiger charge is 2.19. The number of nitrogens with one attached hydrogen (secondary N) is 2. The minimum atomic E-state index is -0.414. The Hall–Kier alpha value is -3.10. The maximum atomic E-state index is 12.5. The number of urea groups is 1. The Kier molecular flexibility index (Phi) is 7.04. The molecule has 152 valence electrons. The number of aliphatic hydroxyl groups excluding tert-OH is 1. The Labute approximate surface area is 173 Å². The van der Waals surface area contributed by atoms with E-state index in [0.29, 0.717) is 29.4 Å². The lowest BCUT2D eigenvalue weighted by atomic mass is 10.0. The molecule has 0 bridgehead atoms. The van der Waals surface area contributed by atoms with Crippen LogP contribution in [-0.2, 0) is 13.0 Å². The van der Waals surface area contributed by atoms with E-state index in [-0.39, 0.29) is 12.6 Å². The van der Waals surface area contributed by atoms with E-state index in [1.807, 2.05) is 24.3 Å². The molecular formula is C20H22ClN5O3. The molecule has 8 nitrogen and oxygen atoms in total. The SMILES string of the molecule is COc1ccc(CC(NC(=O)Nc2ccc(Cl)cc2)c2cn(CCO)nn2)cc1. The summed E-state index contributed by atoms with van der Waals surface area (Å²) < 4.78 is 6.73. The van der Waals surface area contributed by atoms with Gasteiger partial charge < -0.3 is 20.5 Å². The minimum absolute atomic E-state index is 0.0452. The van der Waals surface area contributed by atoms with Crippen molar-refractivity contribution in [1.82, 2.24) is 20.3 Å². The van der Waals surface area contributed by atoms with Gasteiger partial charge in [-0.3, -0.25) is 0 Å². The number of aliphatic hydroxyl groups is 1. The molecule has 0 aliphatic heterocycles. The van der Waals surface area contributed by atoms with Gasteiger partial charge in [0.2, 0.25) is 0 Å². The summed E-state index contributed by atoms with van der Waals surface area (Å²) in [5, 5.41) is 23.6. The van der Waals surface area contributed by atoms with Gasteiger partial charge in [-0.15, -0.1) is 5.10 Å². The second-order valence-corrected chi connectivity index (χ2v) is 6.78. The molecule has 0 radical (unpaired) electrons. The maximum absolute atomic E-state index is 12.5. The third-order valence-electron chi connectivity index (χ3n) is 4.25. The van der Waals surface area contributed by atoms with Gasteiger partial charge in [0.05, 0.1) is 32.5 Å². The van der Waals surface area contributed by atoms with E-state index in [9.17, 15) is 4.79 Å². The number of methoxy groups -OCH3 is 1. The first-order chi connectivity index (χ1) is 14.1. The Morgan fingerprint density at radius 1 is 1.21 bits per heavy atom. The second-order valence-electron chi connectivity index (χ2n) is 6.34. The van der Waals surface area contributed by atoms with E-state index in [2.05, 4.69) is 20.9 Å². The molecule has 29 heavy (non-hydrogen) atoms. The number of aromatic nitrogens is 3. The van der Waals surface area contributed by atoms with E-state index in [4.69, 9.17) is 21.4 Å². The third-order valence-corrected chi connectivity index (χ3v) is 4.50. The van der Waals surface area contributed by atoms with Crippen LogP contribution in [0.5, 0.6) is 5.75 Å². The number of carbonyl (C=O) groups is 1. The second kappa shape index (κ2) is 9.90. The smallest absolute Gasteiger partial charge is 0.319 e. The molecule has 1 aromatic heterocycles. The van der Waals surface area contributed by atoms with E-state index >= 15 is 0 Å².